The Morgan fingerprint density at radius 2 is 1.94 bits per heavy atom. The van der Waals surface area contributed by atoms with Gasteiger partial charge in [0, 0.05) is 22.5 Å². The highest BCUT2D eigenvalue weighted by Crippen LogP contribution is 2.53. The van der Waals surface area contributed by atoms with Crippen molar-refractivity contribution in [3.63, 3.8) is 0 Å². The van der Waals surface area contributed by atoms with Crippen LogP contribution in [0.25, 0.3) is 0 Å². The lowest BCUT2D eigenvalue weighted by molar-refractivity contribution is -0.139. The van der Waals surface area contributed by atoms with Gasteiger partial charge in [-0.2, -0.15) is 5.26 Å². The van der Waals surface area contributed by atoms with E-state index in [2.05, 4.69) is 11.4 Å². The van der Waals surface area contributed by atoms with E-state index >= 15 is 8.78 Å². The zero-order chi connectivity index (χ0) is 24.7. The molecule has 176 valence electrons. The number of carboxylic acid groups (broad SMARTS) is 1. The Morgan fingerprint density at radius 1 is 1.27 bits per heavy atom. The molecule has 4 atom stereocenters. The fourth-order valence-electron chi connectivity index (χ4n) is 4.69. The quantitative estimate of drug-likeness (QED) is 0.493. The van der Waals surface area contributed by atoms with Gasteiger partial charge in [0.25, 0.3) is 0 Å². The lowest BCUT2D eigenvalue weighted by Gasteiger charge is -2.39. The van der Waals surface area contributed by atoms with Gasteiger partial charge in [-0.25, -0.2) is 8.78 Å². The Hall–Kier alpha value is -2.20. The van der Waals surface area contributed by atoms with Crippen molar-refractivity contribution in [2.45, 2.75) is 57.5 Å². The van der Waals surface area contributed by atoms with Crippen molar-refractivity contribution in [2.24, 2.45) is 11.3 Å². The lowest BCUT2D eigenvalue weighted by Crippen LogP contribution is -2.46. The lowest BCUT2D eigenvalue weighted by atomic mass is 9.61. The third-order valence-corrected chi connectivity index (χ3v) is 7.72. The van der Waals surface area contributed by atoms with E-state index in [1.165, 1.54) is 30.3 Å². The van der Waals surface area contributed by atoms with Crippen LogP contribution in [-0.4, -0.2) is 23.2 Å². The standard InChI is InChI=1S/C25H26Cl2F2N2O2/c1-13(2)24(3,4)11-19-25(12-30,16-9-8-14(26)10-18(16)28)20(22(31-19)23(32)33)15-6-5-7-17(27)21(15)29/h5-10,13,19-20,22,31H,11H2,1-4H3,(H,32,33)/t19-,20-,22+,25-/m0/s1. The molecule has 1 saturated heterocycles. The van der Waals surface area contributed by atoms with Crippen molar-refractivity contribution in [1.82, 2.24) is 5.32 Å². The minimum absolute atomic E-state index is 0.0282. The molecular weight excluding hydrogens is 469 g/mol. The van der Waals surface area contributed by atoms with E-state index in [1.807, 2.05) is 27.7 Å². The molecule has 0 spiro atoms. The molecule has 0 radical (unpaired) electrons. The molecule has 1 fully saturated rings. The molecule has 1 aliphatic rings. The molecule has 0 aromatic heterocycles. The zero-order valence-corrected chi connectivity index (χ0v) is 20.3. The zero-order valence-electron chi connectivity index (χ0n) is 18.8. The summed E-state index contributed by atoms with van der Waals surface area (Å²) < 4.78 is 30.6. The fourth-order valence-corrected chi connectivity index (χ4v) is 5.03. The second-order valence-electron chi connectivity index (χ2n) is 9.61. The molecule has 1 aliphatic heterocycles. The molecule has 0 unspecified atom stereocenters. The Labute approximate surface area is 202 Å². The van der Waals surface area contributed by atoms with E-state index in [0.29, 0.717) is 6.42 Å². The average Bonchev–Trinajstić information content (AvgIpc) is 3.04. The van der Waals surface area contributed by atoms with Gasteiger partial charge in [0.15, 0.2) is 0 Å². The molecule has 33 heavy (non-hydrogen) atoms. The van der Waals surface area contributed by atoms with Gasteiger partial charge in [-0.1, -0.05) is 69.1 Å². The number of rotatable bonds is 6. The van der Waals surface area contributed by atoms with Gasteiger partial charge in [-0.05, 0) is 41.5 Å². The number of carboxylic acids is 1. The molecule has 2 N–H and O–H groups in total. The van der Waals surface area contributed by atoms with Crippen LogP contribution in [0, 0.1) is 34.3 Å². The number of nitrogens with one attached hydrogen (secondary N) is 1. The van der Waals surface area contributed by atoms with E-state index in [1.54, 1.807) is 0 Å². The first-order valence-electron chi connectivity index (χ1n) is 10.7. The van der Waals surface area contributed by atoms with Gasteiger partial charge in [-0.3, -0.25) is 10.1 Å². The van der Waals surface area contributed by atoms with Crippen molar-refractivity contribution >= 4 is 29.2 Å². The third-order valence-electron chi connectivity index (χ3n) is 7.19. The summed E-state index contributed by atoms with van der Waals surface area (Å²) in [6, 6.07) is 8.24. The van der Waals surface area contributed by atoms with E-state index in [0.717, 1.165) is 6.07 Å². The summed E-state index contributed by atoms with van der Waals surface area (Å²) in [6.45, 7) is 8.05. The topological polar surface area (TPSA) is 73.1 Å². The largest absolute Gasteiger partial charge is 0.480 e. The van der Waals surface area contributed by atoms with Gasteiger partial charge in [0.05, 0.1) is 11.1 Å². The van der Waals surface area contributed by atoms with E-state index in [-0.39, 0.29) is 32.5 Å². The number of carbonyl (C=O) groups is 1. The van der Waals surface area contributed by atoms with Crippen LogP contribution in [0.4, 0.5) is 8.78 Å². The molecule has 3 rings (SSSR count). The van der Waals surface area contributed by atoms with Crippen molar-refractivity contribution in [1.29, 1.82) is 5.26 Å². The Balaban J connectivity index is 2.37. The first-order chi connectivity index (χ1) is 15.4. The predicted octanol–water partition coefficient (Wildman–Crippen LogP) is 6.31. The predicted molar refractivity (Wildman–Crippen MR) is 124 cm³/mol. The van der Waals surface area contributed by atoms with Gasteiger partial charge in [0.1, 0.15) is 23.1 Å². The first kappa shape index (κ1) is 25.4. The summed E-state index contributed by atoms with van der Waals surface area (Å²) >= 11 is 12.0. The highest BCUT2D eigenvalue weighted by atomic mass is 35.5. The number of nitriles is 1. The number of halogens is 4. The van der Waals surface area contributed by atoms with Gasteiger partial charge in [-0.15, -0.1) is 0 Å². The summed E-state index contributed by atoms with van der Waals surface area (Å²) in [6.07, 6.45) is 0.350. The second kappa shape index (κ2) is 9.21. The maximum atomic E-state index is 15.4. The number of benzene rings is 2. The van der Waals surface area contributed by atoms with Crippen LogP contribution < -0.4 is 5.32 Å². The van der Waals surface area contributed by atoms with Crippen LogP contribution in [0.15, 0.2) is 36.4 Å². The Bertz CT molecular complexity index is 1120. The SMILES string of the molecule is CC(C)C(C)(C)C[C@@H]1N[C@@H](C(=O)O)[C@H](c2cccc(Cl)c2F)[C@@]1(C#N)c1ccc(Cl)cc1F. The Kier molecular flexibility index (Phi) is 7.10. The maximum Gasteiger partial charge on any atom is 0.321 e. The van der Waals surface area contributed by atoms with Gasteiger partial charge < -0.3 is 5.11 Å². The molecule has 1 heterocycles. The summed E-state index contributed by atoms with van der Waals surface area (Å²) in [5.74, 6) is -3.91. The first-order valence-corrected chi connectivity index (χ1v) is 11.4. The summed E-state index contributed by atoms with van der Waals surface area (Å²) in [5, 5.41) is 23.7. The minimum Gasteiger partial charge on any atom is -0.480 e. The van der Waals surface area contributed by atoms with Crippen molar-refractivity contribution in [3.05, 3.63) is 69.2 Å². The van der Waals surface area contributed by atoms with Crippen LogP contribution in [-0.2, 0) is 10.2 Å². The van der Waals surface area contributed by atoms with Crippen molar-refractivity contribution in [2.75, 3.05) is 0 Å². The molecule has 4 nitrogen and oxygen atoms in total. The monoisotopic (exact) mass is 494 g/mol. The average molecular weight is 495 g/mol. The van der Waals surface area contributed by atoms with Crippen LogP contribution in [0.3, 0.4) is 0 Å². The highest BCUT2D eigenvalue weighted by Gasteiger charge is 2.61. The van der Waals surface area contributed by atoms with Gasteiger partial charge in [0.2, 0.25) is 0 Å². The van der Waals surface area contributed by atoms with Crippen LogP contribution >= 0.6 is 23.2 Å². The number of aliphatic carboxylic acids is 1. The van der Waals surface area contributed by atoms with Crippen LogP contribution in [0.2, 0.25) is 10.0 Å². The second-order valence-corrected chi connectivity index (χ2v) is 10.5. The molecule has 8 heteroatoms. The molecule has 0 bridgehead atoms. The number of hydrogen-bond donors (Lipinski definition) is 2. The molecule has 2 aromatic carbocycles. The van der Waals surface area contributed by atoms with Crippen molar-refractivity contribution in [3.8, 4) is 6.07 Å². The molecule has 0 saturated carbocycles. The smallest absolute Gasteiger partial charge is 0.321 e. The van der Waals surface area contributed by atoms with Gasteiger partial charge >= 0.3 is 5.97 Å². The molecule has 0 aliphatic carbocycles. The summed E-state index contributed by atoms with van der Waals surface area (Å²) in [4.78, 5) is 12.4. The van der Waals surface area contributed by atoms with E-state index < -0.39 is 41.0 Å². The molecule has 2 aromatic rings. The normalized spacial score (nSPS) is 25.3. The van der Waals surface area contributed by atoms with Crippen LogP contribution in [0.1, 0.15) is 51.2 Å². The summed E-state index contributed by atoms with van der Waals surface area (Å²) in [5.41, 5.74) is -2.16. The molecule has 0 amide bonds. The Morgan fingerprint density at radius 3 is 2.48 bits per heavy atom. The van der Waals surface area contributed by atoms with Crippen LogP contribution in [0.5, 0.6) is 0 Å². The number of nitrogens with zero attached hydrogens (tertiary/aromatic N) is 1. The third kappa shape index (κ3) is 4.35. The molecular formula is C25H26Cl2F2N2O2. The van der Waals surface area contributed by atoms with E-state index in [9.17, 15) is 15.2 Å². The van der Waals surface area contributed by atoms with E-state index in [4.69, 9.17) is 23.2 Å². The minimum atomic E-state index is -1.74. The number of hydrogen-bond acceptors (Lipinski definition) is 3. The van der Waals surface area contributed by atoms with Crippen molar-refractivity contribution < 1.29 is 18.7 Å². The fraction of sp³-hybridized carbons (Fsp3) is 0.440. The summed E-state index contributed by atoms with van der Waals surface area (Å²) in [7, 11) is 0. The maximum absolute atomic E-state index is 15.4. The highest BCUT2D eigenvalue weighted by molar-refractivity contribution is 6.31.